The number of piperazine rings is 1. The molecule has 164 valence electrons. The maximum Gasteiger partial charge on any atom is 0.193 e. The molecule has 30 heavy (non-hydrogen) atoms. The lowest BCUT2D eigenvalue weighted by Gasteiger charge is -2.34. The summed E-state index contributed by atoms with van der Waals surface area (Å²) in [4.78, 5) is 15.7. The maximum atomic E-state index is 13.4. The molecule has 1 aliphatic rings. The number of benzene rings is 1. The Morgan fingerprint density at radius 1 is 1.17 bits per heavy atom. The number of nitrogens with one attached hydrogen (secondary N) is 1. The molecule has 0 unspecified atom stereocenters. The Morgan fingerprint density at radius 3 is 2.60 bits per heavy atom. The first-order valence-corrected chi connectivity index (χ1v) is 10.2. The number of nitrogens with zero attached hydrogens (tertiary/aromatic N) is 5. The van der Waals surface area contributed by atoms with E-state index >= 15 is 0 Å². The van der Waals surface area contributed by atoms with Crippen LogP contribution in [0.25, 0.3) is 0 Å². The topological polar surface area (TPSA) is 47.0 Å². The minimum Gasteiger partial charge on any atom is -0.354 e. The fourth-order valence-electron chi connectivity index (χ4n) is 3.59. The number of aromatic nitrogens is 1. The largest absolute Gasteiger partial charge is 0.354 e. The van der Waals surface area contributed by atoms with E-state index in [4.69, 9.17) is 0 Å². The lowest BCUT2D eigenvalue weighted by atomic mass is 10.2. The highest BCUT2D eigenvalue weighted by Crippen LogP contribution is 2.15. The third kappa shape index (κ3) is 6.80. The second-order valence-electron chi connectivity index (χ2n) is 7.33. The van der Waals surface area contributed by atoms with Gasteiger partial charge in [-0.25, -0.2) is 9.37 Å². The summed E-state index contributed by atoms with van der Waals surface area (Å²) < 4.78 is 13.4. The predicted octanol–water partition coefficient (Wildman–Crippen LogP) is 3.19. The van der Waals surface area contributed by atoms with E-state index < -0.39 is 0 Å². The van der Waals surface area contributed by atoms with Crippen molar-refractivity contribution in [2.24, 2.45) is 4.99 Å². The van der Waals surface area contributed by atoms with Crippen molar-refractivity contribution in [1.29, 1.82) is 0 Å². The van der Waals surface area contributed by atoms with Crippen molar-refractivity contribution in [2.75, 3.05) is 51.7 Å². The van der Waals surface area contributed by atoms with Crippen LogP contribution in [0.5, 0.6) is 0 Å². The number of hydrogen-bond donors (Lipinski definition) is 1. The van der Waals surface area contributed by atoms with Crippen molar-refractivity contribution in [2.45, 2.75) is 20.0 Å². The molecule has 1 aromatic carbocycles. The third-order valence-electron chi connectivity index (χ3n) is 5.29. The minimum atomic E-state index is -0.220. The second kappa shape index (κ2) is 12.0. The molecule has 6 nitrogen and oxygen atoms in total. The molecular weight excluding hydrogens is 494 g/mol. The Balaban J connectivity index is 0.00000320. The van der Waals surface area contributed by atoms with Gasteiger partial charge in [0.05, 0.1) is 0 Å². The zero-order chi connectivity index (χ0) is 20.6. The number of hydrogen-bond acceptors (Lipinski definition) is 4. The van der Waals surface area contributed by atoms with E-state index in [-0.39, 0.29) is 29.8 Å². The van der Waals surface area contributed by atoms with E-state index in [9.17, 15) is 4.39 Å². The van der Waals surface area contributed by atoms with Crippen molar-refractivity contribution in [1.82, 2.24) is 20.1 Å². The van der Waals surface area contributed by atoms with Crippen LogP contribution in [0.1, 0.15) is 18.1 Å². The molecule has 1 fully saturated rings. The van der Waals surface area contributed by atoms with Gasteiger partial charge in [0.25, 0.3) is 0 Å². The molecule has 0 atom stereocenters. The highest BCUT2D eigenvalue weighted by atomic mass is 127. The summed E-state index contributed by atoms with van der Waals surface area (Å²) in [6.07, 6.45) is 1.87. The van der Waals surface area contributed by atoms with Crippen molar-refractivity contribution in [3.05, 3.63) is 59.5 Å². The van der Waals surface area contributed by atoms with E-state index in [0.29, 0.717) is 13.1 Å². The van der Waals surface area contributed by atoms with Crippen molar-refractivity contribution in [3.63, 3.8) is 0 Å². The van der Waals surface area contributed by atoms with Gasteiger partial charge in [-0.3, -0.25) is 4.99 Å². The van der Waals surface area contributed by atoms with Crippen molar-refractivity contribution in [3.8, 4) is 0 Å². The van der Waals surface area contributed by atoms with E-state index in [1.165, 1.54) is 6.07 Å². The van der Waals surface area contributed by atoms with Crippen LogP contribution in [-0.2, 0) is 13.1 Å². The molecule has 2 aromatic rings. The average molecular weight is 526 g/mol. The van der Waals surface area contributed by atoms with Crippen LogP contribution in [0.4, 0.5) is 10.2 Å². The van der Waals surface area contributed by atoms with E-state index in [0.717, 1.165) is 55.6 Å². The first kappa shape index (κ1) is 24.3. The Morgan fingerprint density at radius 2 is 1.93 bits per heavy atom. The molecule has 0 saturated carbocycles. The smallest absolute Gasteiger partial charge is 0.193 e. The SMILES string of the molecule is CCN1CCN(c2cc(CNC(=NC)N(C)Cc3cccc(F)c3)ccn2)CC1.I. The molecule has 1 N–H and O–H groups in total. The van der Waals surface area contributed by atoms with Crippen LogP contribution >= 0.6 is 24.0 Å². The highest BCUT2D eigenvalue weighted by Gasteiger charge is 2.17. The minimum absolute atomic E-state index is 0. The predicted molar refractivity (Wildman–Crippen MR) is 132 cm³/mol. The average Bonchev–Trinajstić information content (AvgIpc) is 2.74. The third-order valence-corrected chi connectivity index (χ3v) is 5.29. The summed E-state index contributed by atoms with van der Waals surface area (Å²) in [5.74, 6) is 1.58. The molecule has 0 aliphatic carbocycles. The quantitative estimate of drug-likeness (QED) is 0.356. The summed E-state index contributed by atoms with van der Waals surface area (Å²) in [7, 11) is 3.71. The normalized spacial score (nSPS) is 14.9. The summed E-state index contributed by atoms with van der Waals surface area (Å²) >= 11 is 0. The molecule has 2 heterocycles. The number of rotatable bonds is 6. The Bertz CT molecular complexity index is 823. The van der Waals surface area contributed by atoms with Gasteiger partial charge in [0.1, 0.15) is 11.6 Å². The van der Waals surface area contributed by atoms with Gasteiger partial charge in [0.15, 0.2) is 5.96 Å². The zero-order valence-corrected chi connectivity index (χ0v) is 20.3. The molecule has 1 aliphatic heterocycles. The molecule has 0 radical (unpaired) electrons. The molecule has 0 amide bonds. The van der Waals surface area contributed by atoms with E-state index in [1.807, 2.05) is 30.3 Å². The maximum absolute atomic E-state index is 13.4. The number of guanidine groups is 1. The number of aliphatic imine (C=N–C) groups is 1. The van der Waals surface area contributed by atoms with Crippen molar-refractivity contribution < 1.29 is 4.39 Å². The Hall–Kier alpha value is -1.94. The highest BCUT2D eigenvalue weighted by molar-refractivity contribution is 14.0. The number of pyridine rings is 1. The fourth-order valence-corrected chi connectivity index (χ4v) is 3.59. The summed E-state index contributed by atoms with van der Waals surface area (Å²) in [5.41, 5.74) is 2.07. The standard InChI is InChI=1S/C22H31FN6.HI/c1-4-28-10-12-29(13-11-28)21-15-18(8-9-25-21)16-26-22(24-2)27(3)17-19-6-5-7-20(23)14-19;/h5-9,14-15H,4,10-13,16-17H2,1-3H3,(H,24,26);1H. The molecule has 0 spiro atoms. The van der Waals surface area contributed by atoms with Crippen LogP contribution < -0.4 is 10.2 Å². The molecule has 8 heteroatoms. The van der Waals surface area contributed by atoms with Crippen LogP contribution in [-0.4, -0.2) is 67.6 Å². The van der Waals surface area contributed by atoms with Crippen molar-refractivity contribution >= 4 is 35.8 Å². The first-order chi connectivity index (χ1) is 14.1. The number of anilines is 1. The Labute approximate surface area is 196 Å². The lowest BCUT2D eigenvalue weighted by Crippen LogP contribution is -2.46. The van der Waals surface area contributed by atoms with Crippen LogP contribution in [0.15, 0.2) is 47.6 Å². The van der Waals surface area contributed by atoms with Gasteiger partial charge in [0.2, 0.25) is 0 Å². The van der Waals surface area contributed by atoms with E-state index in [2.05, 4.69) is 38.1 Å². The van der Waals surface area contributed by atoms with Gasteiger partial charge in [-0.2, -0.15) is 0 Å². The summed E-state index contributed by atoms with van der Waals surface area (Å²) in [5, 5.41) is 3.39. The van der Waals surface area contributed by atoms with Gasteiger partial charge in [0, 0.05) is 59.6 Å². The fraction of sp³-hybridized carbons (Fsp3) is 0.455. The molecule has 1 aromatic heterocycles. The van der Waals surface area contributed by atoms with Gasteiger partial charge in [-0.15, -0.1) is 24.0 Å². The number of likely N-dealkylation sites (N-methyl/N-ethyl adjacent to an activating group) is 1. The van der Waals surface area contributed by atoms with Gasteiger partial charge < -0.3 is 20.0 Å². The second-order valence-corrected chi connectivity index (χ2v) is 7.33. The monoisotopic (exact) mass is 526 g/mol. The lowest BCUT2D eigenvalue weighted by molar-refractivity contribution is 0.270. The first-order valence-electron chi connectivity index (χ1n) is 10.2. The van der Waals surface area contributed by atoms with Gasteiger partial charge in [-0.1, -0.05) is 19.1 Å². The molecule has 1 saturated heterocycles. The molecule has 0 bridgehead atoms. The van der Waals surface area contributed by atoms with E-state index in [1.54, 1.807) is 19.2 Å². The zero-order valence-electron chi connectivity index (χ0n) is 18.0. The van der Waals surface area contributed by atoms with Crippen LogP contribution in [0, 0.1) is 5.82 Å². The van der Waals surface area contributed by atoms with Gasteiger partial charge in [-0.05, 0) is 41.9 Å². The van der Waals surface area contributed by atoms with Gasteiger partial charge >= 0.3 is 0 Å². The van der Waals surface area contributed by atoms with Crippen LogP contribution in [0.2, 0.25) is 0 Å². The number of halogens is 2. The molecular formula is C22H32FIN6. The Kier molecular flexibility index (Phi) is 9.77. The van der Waals surface area contributed by atoms with Crippen LogP contribution in [0.3, 0.4) is 0 Å². The molecule has 3 rings (SSSR count). The summed E-state index contributed by atoms with van der Waals surface area (Å²) in [6, 6.07) is 10.8. The summed E-state index contributed by atoms with van der Waals surface area (Å²) in [6.45, 7) is 8.74.